The Labute approximate surface area is 102 Å². The topological polar surface area (TPSA) is 34.1 Å². The van der Waals surface area contributed by atoms with E-state index in [4.69, 9.17) is 4.74 Å². The van der Waals surface area contributed by atoms with Crippen molar-refractivity contribution in [2.24, 2.45) is 0 Å². The molecular weight excluding hydrogens is 220 g/mol. The number of rotatable bonds is 6. The van der Waals surface area contributed by atoms with Crippen LogP contribution < -0.4 is 5.32 Å². The Morgan fingerprint density at radius 3 is 2.69 bits per heavy atom. The van der Waals surface area contributed by atoms with Gasteiger partial charge in [-0.2, -0.15) is 0 Å². The second-order valence-corrected chi connectivity index (χ2v) is 5.34. The number of ether oxygens (including phenoxy) is 1. The number of hydrogen-bond donors (Lipinski definition) is 1. The molecule has 2 atom stereocenters. The third-order valence-corrected chi connectivity index (χ3v) is 4.16. The van der Waals surface area contributed by atoms with E-state index in [1.54, 1.807) is 18.4 Å². The normalized spacial score (nSPS) is 17.1. The summed E-state index contributed by atoms with van der Waals surface area (Å²) in [6, 6.07) is 0.295. The molecule has 16 heavy (non-hydrogen) atoms. The van der Waals surface area contributed by atoms with E-state index in [1.807, 2.05) is 14.0 Å². The van der Waals surface area contributed by atoms with Gasteiger partial charge in [0.05, 0.1) is 16.3 Å². The van der Waals surface area contributed by atoms with Gasteiger partial charge in [-0.25, -0.2) is 4.98 Å². The first kappa shape index (κ1) is 13.6. The quantitative estimate of drug-likeness (QED) is 0.832. The predicted octanol–water partition coefficient (Wildman–Crippen LogP) is 2.40. The minimum atomic E-state index is -0.133. The maximum absolute atomic E-state index is 5.63. The van der Waals surface area contributed by atoms with Gasteiger partial charge in [0.2, 0.25) is 0 Å². The molecule has 0 aliphatic rings. The number of thiazole rings is 1. The molecule has 0 aromatic carbocycles. The van der Waals surface area contributed by atoms with Gasteiger partial charge in [-0.15, -0.1) is 11.3 Å². The Bertz CT molecular complexity index is 321. The van der Waals surface area contributed by atoms with Gasteiger partial charge in [0.1, 0.15) is 0 Å². The van der Waals surface area contributed by atoms with Crippen LogP contribution in [0.15, 0.2) is 5.38 Å². The molecule has 2 unspecified atom stereocenters. The first-order chi connectivity index (χ1) is 7.55. The van der Waals surface area contributed by atoms with Crippen molar-refractivity contribution in [2.45, 2.75) is 45.3 Å². The van der Waals surface area contributed by atoms with Gasteiger partial charge in [-0.05, 0) is 27.3 Å². The van der Waals surface area contributed by atoms with Crippen LogP contribution in [0.25, 0.3) is 0 Å². The lowest BCUT2D eigenvalue weighted by atomic mass is 9.90. The summed E-state index contributed by atoms with van der Waals surface area (Å²) in [5, 5.41) is 6.60. The zero-order valence-corrected chi connectivity index (χ0v) is 11.6. The Kier molecular flexibility index (Phi) is 4.89. The summed E-state index contributed by atoms with van der Waals surface area (Å²) in [6.45, 7) is 6.34. The van der Waals surface area contributed by atoms with E-state index in [0.29, 0.717) is 6.04 Å². The highest BCUT2D eigenvalue weighted by Gasteiger charge is 2.31. The summed E-state index contributed by atoms with van der Waals surface area (Å²) in [7, 11) is 3.76. The number of aromatic nitrogens is 1. The first-order valence-corrected chi connectivity index (χ1v) is 6.57. The standard InChI is InChI=1S/C12H22N2OS/c1-6-12(3,15-5)11(13-4)7-10-8-16-9(2)14-10/h8,11,13H,6-7H2,1-5H3. The second-order valence-electron chi connectivity index (χ2n) is 4.27. The van der Waals surface area contributed by atoms with Crippen molar-refractivity contribution in [1.29, 1.82) is 0 Å². The van der Waals surface area contributed by atoms with Gasteiger partial charge in [-0.3, -0.25) is 0 Å². The van der Waals surface area contributed by atoms with Gasteiger partial charge < -0.3 is 10.1 Å². The molecule has 1 heterocycles. The average Bonchev–Trinajstić information content (AvgIpc) is 2.70. The number of nitrogens with one attached hydrogen (secondary N) is 1. The summed E-state index contributed by atoms with van der Waals surface area (Å²) in [4.78, 5) is 4.50. The van der Waals surface area contributed by atoms with Crippen LogP contribution in [-0.4, -0.2) is 30.8 Å². The zero-order valence-electron chi connectivity index (χ0n) is 10.8. The Hall–Kier alpha value is -0.450. The molecule has 0 aliphatic carbocycles. The highest BCUT2D eigenvalue weighted by molar-refractivity contribution is 7.09. The predicted molar refractivity (Wildman–Crippen MR) is 69.1 cm³/mol. The molecule has 0 saturated heterocycles. The average molecular weight is 242 g/mol. The minimum absolute atomic E-state index is 0.133. The van der Waals surface area contributed by atoms with Crippen LogP contribution in [0, 0.1) is 6.92 Å². The van der Waals surface area contributed by atoms with Crippen LogP contribution in [0.5, 0.6) is 0 Å². The SMILES string of the molecule is CCC(C)(OC)C(Cc1csc(C)n1)NC. The maximum Gasteiger partial charge on any atom is 0.0897 e. The summed E-state index contributed by atoms with van der Waals surface area (Å²) < 4.78 is 5.63. The molecule has 3 nitrogen and oxygen atoms in total. The fraction of sp³-hybridized carbons (Fsp3) is 0.750. The van der Waals surface area contributed by atoms with Gasteiger partial charge >= 0.3 is 0 Å². The molecule has 1 aromatic heterocycles. The number of hydrogen-bond acceptors (Lipinski definition) is 4. The lowest BCUT2D eigenvalue weighted by molar-refractivity contribution is -0.0270. The summed E-state index contributed by atoms with van der Waals surface area (Å²) in [5.74, 6) is 0. The molecule has 4 heteroatoms. The number of methoxy groups -OCH3 is 1. The van der Waals surface area contributed by atoms with E-state index in [0.717, 1.165) is 23.5 Å². The molecule has 0 fully saturated rings. The monoisotopic (exact) mass is 242 g/mol. The smallest absolute Gasteiger partial charge is 0.0897 e. The van der Waals surface area contributed by atoms with Crippen LogP contribution in [0.3, 0.4) is 0 Å². The third kappa shape index (κ3) is 3.03. The van der Waals surface area contributed by atoms with Crippen LogP contribution >= 0.6 is 11.3 Å². The molecule has 92 valence electrons. The van der Waals surface area contributed by atoms with Crippen molar-refractivity contribution < 1.29 is 4.74 Å². The van der Waals surface area contributed by atoms with E-state index >= 15 is 0 Å². The van der Waals surface area contributed by atoms with Gasteiger partial charge in [0, 0.05) is 25.0 Å². The maximum atomic E-state index is 5.63. The van der Waals surface area contributed by atoms with Gasteiger partial charge in [-0.1, -0.05) is 6.92 Å². The van der Waals surface area contributed by atoms with Crippen LogP contribution in [-0.2, 0) is 11.2 Å². The summed E-state index contributed by atoms with van der Waals surface area (Å²) in [6.07, 6.45) is 1.90. The summed E-state index contributed by atoms with van der Waals surface area (Å²) >= 11 is 1.70. The molecule has 0 radical (unpaired) electrons. The molecule has 1 N–H and O–H groups in total. The Balaban J connectivity index is 2.75. The minimum Gasteiger partial charge on any atom is -0.377 e. The lowest BCUT2D eigenvalue weighted by Gasteiger charge is -2.35. The third-order valence-electron chi connectivity index (χ3n) is 3.33. The summed E-state index contributed by atoms with van der Waals surface area (Å²) in [5.41, 5.74) is 1.02. The molecule has 1 aromatic rings. The van der Waals surface area contributed by atoms with E-state index in [1.165, 1.54) is 0 Å². The second kappa shape index (κ2) is 5.75. The lowest BCUT2D eigenvalue weighted by Crippen LogP contribution is -2.49. The number of aryl methyl sites for hydroxylation is 1. The van der Waals surface area contributed by atoms with Crippen molar-refractivity contribution in [3.05, 3.63) is 16.1 Å². The van der Waals surface area contributed by atoms with Crippen molar-refractivity contribution >= 4 is 11.3 Å². The van der Waals surface area contributed by atoms with Gasteiger partial charge in [0.25, 0.3) is 0 Å². The zero-order chi connectivity index (χ0) is 12.2. The molecule has 0 amide bonds. The van der Waals surface area contributed by atoms with E-state index in [2.05, 4.69) is 29.5 Å². The molecule has 0 spiro atoms. The van der Waals surface area contributed by atoms with Crippen molar-refractivity contribution in [1.82, 2.24) is 10.3 Å². The van der Waals surface area contributed by atoms with Crippen LogP contribution in [0.1, 0.15) is 31.0 Å². The van der Waals surface area contributed by atoms with Crippen molar-refractivity contribution in [2.75, 3.05) is 14.2 Å². The number of likely N-dealkylation sites (N-methyl/N-ethyl adjacent to an activating group) is 1. The van der Waals surface area contributed by atoms with E-state index < -0.39 is 0 Å². The number of nitrogens with zero attached hydrogens (tertiary/aromatic N) is 1. The Morgan fingerprint density at radius 2 is 2.31 bits per heavy atom. The fourth-order valence-corrected chi connectivity index (χ4v) is 2.49. The van der Waals surface area contributed by atoms with Crippen molar-refractivity contribution in [3.63, 3.8) is 0 Å². The first-order valence-electron chi connectivity index (χ1n) is 5.69. The molecule has 0 bridgehead atoms. The fourth-order valence-electron chi connectivity index (χ4n) is 1.87. The molecule has 0 saturated carbocycles. The highest BCUT2D eigenvalue weighted by atomic mass is 32.1. The highest BCUT2D eigenvalue weighted by Crippen LogP contribution is 2.22. The largest absolute Gasteiger partial charge is 0.377 e. The van der Waals surface area contributed by atoms with Gasteiger partial charge in [0.15, 0.2) is 0 Å². The Morgan fingerprint density at radius 1 is 1.62 bits per heavy atom. The van der Waals surface area contributed by atoms with Crippen LogP contribution in [0.4, 0.5) is 0 Å². The molecular formula is C12H22N2OS. The van der Waals surface area contributed by atoms with Crippen molar-refractivity contribution in [3.8, 4) is 0 Å². The molecule has 0 aliphatic heterocycles. The van der Waals surface area contributed by atoms with E-state index in [-0.39, 0.29) is 5.60 Å². The molecule has 1 rings (SSSR count). The van der Waals surface area contributed by atoms with Crippen LogP contribution in [0.2, 0.25) is 0 Å². The van der Waals surface area contributed by atoms with E-state index in [9.17, 15) is 0 Å².